The van der Waals surface area contributed by atoms with Crippen molar-refractivity contribution in [3.63, 3.8) is 0 Å². The maximum absolute atomic E-state index is 13.5. The highest BCUT2D eigenvalue weighted by molar-refractivity contribution is 6.30. The van der Waals surface area contributed by atoms with Crippen molar-refractivity contribution in [2.24, 2.45) is 10.9 Å². The normalized spacial score (nSPS) is 17.1. The monoisotopic (exact) mass is 506 g/mol. The maximum Gasteiger partial charge on any atom is 0.341 e. The molecule has 4 rings (SSSR count). The molecule has 2 unspecified atom stereocenters. The Hall–Kier alpha value is -3.84. The Bertz CT molecular complexity index is 1260. The van der Waals surface area contributed by atoms with E-state index >= 15 is 0 Å². The number of ether oxygens (including phenoxy) is 3. The Labute approximate surface area is 215 Å². The third-order valence-electron chi connectivity index (χ3n) is 6.02. The number of hydrogen-bond acceptors (Lipinski definition) is 5. The molecule has 1 aliphatic heterocycles. The van der Waals surface area contributed by atoms with E-state index in [-0.39, 0.29) is 6.61 Å². The topological polar surface area (TPSA) is 86.2 Å². The summed E-state index contributed by atoms with van der Waals surface area (Å²) in [4.78, 5) is 30.3. The molecule has 1 heterocycles. The number of aryl methyl sites for hydroxylation is 1. The number of nitrogens with one attached hydrogen (secondary N) is 1. The number of nitrogens with zero attached hydrogens (tertiary/aromatic N) is 1. The van der Waals surface area contributed by atoms with E-state index in [0.717, 1.165) is 22.4 Å². The van der Waals surface area contributed by atoms with E-state index in [1.165, 1.54) is 0 Å². The third kappa shape index (κ3) is 6.23. The van der Waals surface area contributed by atoms with Crippen molar-refractivity contribution in [1.82, 2.24) is 5.32 Å². The molecule has 0 aromatic heterocycles. The van der Waals surface area contributed by atoms with E-state index in [9.17, 15) is 9.59 Å². The highest BCUT2D eigenvalue weighted by Gasteiger charge is 2.39. The first-order valence-corrected chi connectivity index (χ1v) is 11.9. The van der Waals surface area contributed by atoms with Crippen molar-refractivity contribution < 1.29 is 23.8 Å². The van der Waals surface area contributed by atoms with Crippen LogP contribution in [0.3, 0.4) is 0 Å². The highest BCUT2D eigenvalue weighted by Crippen LogP contribution is 2.32. The molecule has 1 aliphatic rings. The van der Waals surface area contributed by atoms with E-state index in [2.05, 4.69) is 10.3 Å². The number of esters is 1. The largest absolute Gasteiger partial charge is 0.497 e. The van der Waals surface area contributed by atoms with Gasteiger partial charge in [0.25, 0.3) is 0 Å². The predicted molar refractivity (Wildman–Crippen MR) is 138 cm³/mol. The van der Waals surface area contributed by atoms with E-state index in [1.807, 2.05) is 42.5 Å². The zero-order chi connectivity index (χ0) is 25.5. The van der Waals surface area contributed by atoms with E-state index in [1.54, 1.807) is 44.6 Å². The molecule has 36 heavy (non-hydrogen) atoms. The summed E-state index contributed by atoms with van der Waals surface area (Å²) >= 11 is 6.07. The third-order valence-corrected chi connectivity index (χ3v) is 6.26. The molecular weight excluding hydrogens is 480 g/mol. The second-order valence-electron chi connectivity index (χ2n) is 8.37. The van der Waals surface area contributed by atoms with Crippen LogP contribution >= 0.6 is 11.6 Å². The van der Waals surface area contributed by atoms with E-state index in [0.29, 0.717) is 29.3 Å². The van der Waals surface area contributed by atoms with Crippen molar-refractivity contribution in [2.75, 3.05) is 14.2 Å². The quantitative estimate of drug-likeness (QED) is 0.384. The van der Waals surface area contributed by atoms with Crippen LogP contribution in [0.4, 0.5) is 4.79 Å². The summed E-state index contributed by atoms with van der Waals surface area (Å²) in [7, 11) is 3.18. The zero-order valence-electron chi connectivity index (χ0n) is 20.1. The molecule has 3 aromatic rings. The maximum atomic E-state index is 13.5. The second kappa shape index (κ2) is 11.7. The van der Waals surface area contributed by atoms with Crippen LogP contribution in [0.2, 0.25) is 5.02 Å². The summed E-state index contributed by atoms with van der Waals surface area (Å²) in [5.41, 5.74) is 3.00. The number of rotatable bonds is 9. The lowest BCUT2D eigenvalue weighted by Crippen LogP contribution is -2.45. The fourth-order valence-electron chi connectivity index (χ4n) is 4.17. The SMILES string of the molecule is COc1ccc(CCC2=NC(=O)NC(c3cccc(OC)c3)C2C(=O)OCc2cccc(Cl)c2)cc1. The summed E-state index contributed by atoms with van der Waals surface area (Å²) in [5, 5.41) is 3.40. The lowest BCUT2D eigenvalue weighted by Gasteiger charge is -2.31. The smallest absolute Gasteiger partial charge is 0.341 e. The molecule has 7 nitrogen and oxygen atoms in total. The van der Waals surface area contributed by atoms with Gasteiger partial charge in [-0.1, -0.05) is 48.0 Å². The van der Waals surface area contributed by atoms with Crippen LogP contribution < -0.4 is 14.8 Å². The van der Waals surface area contributed by atoms with Gasteiger partial charge in [-0.05, 0) is 65.9 Å². The fourth-order valence-corrected chi connectivity index (χ4v) is 4.38. The average molecular weight is 507 g/mol. The molecule has 2 amide bonds. The number of halogens is 1. The van der Waals surface area contributed by atoms with Crippen molar-refractivity contribution in [3.05, 3.63) is 94.5 Å². The van der Waals surface area contributed by atoms with Crippen molar-refractivity contribution in [2.45, 2.75) is 25.5 Å². The molecule has 0 bridgehead atoms. The summed E-state index contributed by atoms with van der Waals surface area (Å²) in [6.07, 6.45) is 1.01. The first kappa shape index (κ1) is 25.3. The molecule has 2 atom stereocenters. The molecule has 0 radical (unpaired) electrons. The summed E-state index contributed by atoms with van der Waals surface area (Å²) in [6.45, 7) is 0.0560. The van der Waals surface area contributed by atoms with Crippen LogP contribution in [0.15, 0.2) is 77.8 Å². The van der Waals surface area contributed by atoms with E-state index in [4.69, 9.17) is 25.8 Å². The molecule has 0 fully saturated rings. The van der Waals surface area contributed by atoms with Crippen molar-refractivity contribution in [3.8, 4) is 11.5 Å². The number of aliphatic imine (C=N–C) groups is 1. The lowest BCUT2D eigenvalue weighted by molar-refractivity contribution is -0.148. The molecule has 0 spiro atoms. The fraction of sp³-hybridized carbons (Fsp3) is 0.250. The molecule has 0 saturated carbocycles. The minimum Gasteiger partial charge on any atom is -0.497 e. The Morgan fingerprint density at radius 1 is 0.917 bits per heavy atom. The predicted octanol–water partition coefficient (Wildman–Crippen LogP) is 5.55. The van der Waals surface area contributed by atoms with Crippen LogP contribution in [0.5, 0.6) is 11.5 Å². The van der Waals surface area contributed by atoms with E-state index < -0.39 is 24.0 Å². The van der Waals surface area contributed by atoms with Crippen molar-refractivity contribution >= 4 is 29.3 Å². The summed E-state index contributed by atoms with van der Waals surface area (Å²) in [6, 6.07) is 20.9. The molecule has 0 saturated heterocycles. The number of carbonyl (C=O) groups excluding carboxylic acids is 2. The summed E-state index contributed by atoms with van der Waals surface area (Å²) < 4.78 is 16.3. The van der Waals surface area contributed by atoms with Gasteiger partial charge < -0.3 is 19.5 Å². The zero-order valence-corrected chi connectivity index (χ0v) is 20.8. The van der Waals surface area contributed by atoms with Gasteiger partial charge in [0.15, 0.2) is 0 Å². The first-order chi connectivity index (χ1) is 17.5. The van der Waals surface area contributed by atoms with Crippen LogP contribution in [-0.2, 0) is 22.6 Å². The molecular formula is C28H27ClN2O5. The number of benzene rings is 3. The van der Waals surface area contributed by atoms with Crippen LogP contribution in [0.1, 0.15) is 29.2 Å². The molecule has 0 aliphatic carbocycles. The number of amides is 2. The summed E-state index contributed by atoms with van der Waals surface area (Å²) in [5.74, 6) is 0.104. The molecule has 186 valence electrons. The van der Waals surface area contributed by atoms with Gasteiger partial charge in [-0.2, -0.15) is 0 Å². The minimum atomic E-state index is -0.799. The van der Waals surface area contributed by atoms with Gasteiger partial charge >= 0.3 is 12.0 Å². The molecule has 8 heteroatoms. The molecule has 1 N–H and O–H groups in total. The van der Waals surface area contributed by atoms with Crippen molar-refractivity contribution in [1.29, 1.82) is 0 Å². The van der Waals surface area contributed by atoms with Gasteiger partial charge in [0.2, 0.25) is 0 Å². The number of methoxy groups -OCH3 is 2. The Morgan fingerprint density at radius 3 is 2.39 bits per heavy atom. The Morgan fingerprint density at radius 2 is 1.67 bits per heavy atom. The van der Waals surface area contributed by atoms with Crippen LogP contribution in [0.25, 0.3) is 0 Å². The Kier molecular flexibility index (Phi) is 8.23. The average Bonchev–Trinajstić information content (AvgIpc) is 2.90. The molecule has 3 aromatic carbocycles. The number of carbonyl (C=O) groups is 2. The standard InChI is InChI=1S/C28H27ClN2O5/c1-34-22-12-9-18(10-13-22)11-14-24-25(27(32)36-17-19-5-3-7-21(29)15-19)26(31-28(33)30-24)20-6-4-8-23(16-20)35-2/h3-10,12-13,15-16,25-26H,11,14,17H2,1-2H3,(H,31,33). The number of urea groups is 1. The van der Waals surface area contributed by atoms with Gasteiger partial charge in [0.1, 0.15) is 24.0 Å². The van der Waals surface area contributed by atoms with Gasteiger partial charge in [-0.25, -0.2) is 9.79 Å². The number of hydrogen-bond donors (Lipinski definition) is 1. The van der Waals surface area contributed by atoms with Gasteiger partial charge in [-0.15, -0.1) is 0 Å². The van der Waals surface area contributed by atoms with Crippen LogP contribution in [-0.4, -0.2) is 31.9 Å². The van der Waals surface area contributed by atoms with Gasteiger partial charge in [0.05, 0.1) is 20.3 Å². The minimum absolute atomic E-state index is 0.0560. The van der Waals surface area contributed by atoms with Gasteiger partial charge in [0, 0.05) is 10.7 Å². The highest BCUT2D eigenvalue weighted by atomic mass is 35.5. The Balaban J connectivity index is 1.60. The van der Waals surface area contributed by atoms with Crippen LogP contribution in [0, 0.1) is 5.92 Å². The van der Waals surface area contributed by atoms with Gasteiger partial charge in [-0.3, -0.25) is 4.79 Å². The first-order valence-electron chi connectivity index (χ1n) is 11.5. The lowest BCUT2D eigenvalue weighted by atomic mass is 9.85. The second-order valence-corrected chi connectivity index (χ2v) is 8.81.